The smallest absolute Gasteiger partial charge is 0.325 e. The van der Waals surface area contributed by atoms with Crippen LogP contribution >= 0.6 is 11.8 Å². The van der Waals surface area contributed by atoms with E-state index < -0.39 is 11.5 Å². The highest BCUT2D eigenvalue weighted by atomic mass is 32.2. The van der Waals surface area contributed by atoms with Crippen molar-refractivity contribution in [3.63, 3.8) is 0 Å². The Morgan fingerprint density at radius 3 is 2.84 bits per heavy atom. The van der Waals surface area contributed by atoms with Gasteiger partial charge in [-0.15, -0.1) is 5.10 Å². The Morgan fingerprint density at radius 2 is 2.37 bits per heavy atom. The van der Waals surface area contributed by atoms with E-state index in [1.54, 1.807) is 0 Å². The lowest BCUT2D eigenvalue weighted by Crippen LogP contribution is -2.56. The van der Waals surface area contributed by atoms with Gasteiger partial charge in [-0.25, -0.2) is 4.98 Å². The number of nitrogens with zero attached hydrogens (tertiary/aromatic N) is 2. The van der Waals surface area contributed by atoms with Crippen molar-refractivity contribution in [1.29, 1.82) is 0 Å². The van der Waals surface area contributed by atoms with Gasteiger partial charge in [-0.2, -0.15) is 0 Å². The molecule has 1 atom stereocenters. The van der Waals surface area contributed by atoms with Gasteiger partial charge in [0.15, 0.2) is 0 Å². The molecule has 19 heavy (non-hydrogen) atoms. The zero-order valence-electron chi connectivity index (χ0n) is 11.3. The van der Waals surface area contributed by atoms with Gasteiger partial charge >= 0.3 is 5.97 Å². The van der Waals surface area contributed by atoms with Crippen LogP contribution in [0.5, 0.6) is 0 Å². The van der Waals surface area contributed by atoms with Crippen molar-refractivity contribution in [2.75, 3.05) is 12.3 Å². The molecule has 2 rings (SSSR count). The van der Waals surface area contributed by atoms with E-state index in [4.69, 9.17) is 0 Å². The minimum absolute atomic E-state index is 0.226. The first-order valence-electron chi connectivity index (χ1n) is 6.58. The summed E-state index contributed by atoms with van der Waals surface area (Å²) in [6.45, 7) is 4.59. The third kappa shape index (κ3) is 3.27. The van der Waals surface area contributed by atoms with Crippen LogP contribution in [0, 0.1) is 12.8 Å². The molecule has 0 bridgehead atoms. The fraction of sp³-hybridized carbons (Fsp3) is 0.750. The molecular formula is C12H20N4O2S. The molecule has 1 aromatic rings. The Kier molecular flexibility index (Phi) is 4.46. The van der Waals surface area contributed by atoms with Gasteiger partial charge in [0.05, 0.1) is 0 Å². The summed E-state index contributed by atoms with van der Waals surface area (Å²) >= 11 is 1.40. The summed E-state index contributed by atoms with van der Waals surface area (Å²) in [7, 11) is 0. The minimum Gasteiger partial charge on any atom is -0.480 e. The van der Waals surface area contributed by atoms with Gasteiger partial charge in [-0.05, 0) is 38.6 Å². The Morgan fingerprint density at radius 1 is 1.63 bits per heavy atom. The maximum atomic E-state index is 11.7. The van der Waals surface area contributed by atoms with Gasteiger partial charge in [-0.1, -0.05) is 18.7 Å². The lowest BCUT2D eigenvalue weighted by molar-refractivity contribution is -0.144. The first kappa shape index (κ1) is 14.3. The Bertz CT molecular complexity index is 447. The molecule has 1 fully saturated rings. The number of hydrogen-bond acceptors (Lipinski definition) is 5. The van der Waals surface area contributed by atoms with Crippen molar-refractivity contribution in [3.05, 3.63) is 5.82 Å². The Hall–Kier alpha value is -1.08. The van der Waals surface area contributed by atoms with Crippen LogP contribution in [0.3, 0.4) is 0 Å². The second-order valence-corrected chi connectivity index (χ2v) is 5.91. The van der Waals surface area contributed by atoms with Crippen LogP contribution in [0.25, 0.3) is 0 Å². The van der Waals surface area contributed by atoms with Gasteiger partial charge in [-0.3, -0.25) is 9.89 Å². The summed E-state index contributed by atoms with van der Waals surface area (Å²) in [5, 5.41) is 20.3. The molecule has 1 unspecified atom stereocenters. The standard InChI is InChI=1S/C12H20N4O2S/c1-3-6-13-12(10(17)18,9-4-5-9)7-19-11-14-8(2)15-16-11/h9,13H,3-7H2,1-2H3,(H,17,18)(H,14,15,16). The number of aromatic nitrogens is 3. The van der Waals surface area contributed by atoms with Gasteiger partial charge in [0.2, 0.25) is 5.16 Å². The molecule has 0 radical (unpaired) electrons. The molecule has 0 amide bonds. The largest absolute Gasteiger partial charge is 0.480 e. The molecule has 1 aliphatic rings. The van der Waals surface area contributed by atoms with E-state index in [9.17, 15) is 9.90 Å². The van der Waals surface area contributed by atoms with Crippen LogP contribution in [0.15, 0.2) is 5.16 Å². The van der Waals surface area contributed by atoms with E-state index in [-0.39, 0.29) is 5.92 Å². The number of aliphatic carboxylic acids is 1. The zero-order valence-corrected chi connectivity index (χ0v) is 12.1. The highest BCUT2D eigenvalue weighted by Crippen LogP contribution is 2.42. The maximum absolute atomic E-state index is 11.7. The van der Waals surface area contributed by atoms with Gasteiger partial charge < -0.3 is 10.4 Å². The van der Waals surface area contributed by atoms with Crippen LogP contribution in [0.1, 0.15) is 32.0 Å². The van der Waals surface area contributed by atoms with E-state index in [1.165, 1.54) is 11.8 Å². The van der Waals surface area contributed by atoms with Crippen LogP contribution < -0.4 is 5.32 Å². The van der Waals surface area contributed by atoms with Crippen molar-refractivity contribution >= 4 is 17.7 Å². The first-order valence-corrected chi connectivity index (χ1v) is 7.57. The van der Waals surface area contributed by atoms with Crippen molar-refractivity contribution in [1.82, 2.24) is 20.5 Å². The van der Waals surface area contributed by atoms with Crippen LogP contribution in [0.4, 0.5) is 0 Å². The summed E-state index contributed by atoms with van der Waals surface area (Å²) in [4.78, 5) is 15.9. The van der Waals surface area contributed by atoms with Gasteiger partial charge in [0.1, 0.15) is 11.4 Å². The second-order valence-electron chi connectivity index (χ2n) is 4.97. The quantitative estimate of drug-likeness (QED) is 0.626. The van der Waals surface area contributed by atoms with Crippen molar-refractivity contribution in [3.8, 4) is 0 Å². The normalized spacial score (nSPS) is 18.2. The predicted octanol–water partition coefficient (Wildman–Crippen LogP) is 1.44. The number of nitrogens with one attached hydrogen (secondary N) is 2. The van der Waals surface area contributed by atoms with E-state index in [0.29, 0.717) is 10.9 Å². The number of H-pyrrole nitrogens is 1. The van der Waals surface area contributed by atoms with Gasteiger partial charge in [0, 0.05) is 5.75 Å². The van der Waals surface area contributed by atoms with Crippen LogP contribution in [-0.4, -0.2) is 44.1 Å². The molecule has 106 valence electrons. The topological polar surface area (TPSA) is 90.9 Å². The third-order valence-electron chi connectivity index (χ3n) is 3.35. The molecule has 0 spiro atoms. The predicted molar refractivity (Wildman–Crippen MR) is 73.2 cm³/mol. The Labute approximate surface area is 116 Å². The van der Waals surface area contributed by atoms with Crippen LogP contribution in [0.2, 0.25) is 0 Å². The second kappa shape index (κ2) is 5.92. The molecule has 7 heteroatoms. The van der Waals surface area contributed by atoms with E-state index in [0.717, 1.165) is 31.6 Å². The number of carbonyl (C=O) groups is 1. The zero-order chi connectivity index (χ0) is 13.9. The molecule has 1 aromatic heterocycles. The van der Waals surface area contributed by atoms with Gasteiger partial charge in [0.25, 0.3) is 0 Å². The SMILES string of the molecule is CCCNC(CSc1n[nH]c(C)n1)(C(=O)O)C1CC1. The molecule has 1 aliphatic carbocycles. The number of hydrogen-bond donors (Lipinski definition) is 3. The number of thioether (sulfide) groups is 1. The first-order chi connectivity index (χ1) is 9.08. The number of carboxylic acids is 1. The summed E-state index contributed by atoms with van der Waals surface area (Å²) in [6.07, 6.45) is 2.89. The molecule has 0 aromatic carbocycles. The highest BCUT2D eigenvalue weighted by molar-refractivity contribution is 7.99. The minimum atomic E-state index is -0.838. The number of aromatic amines is 1. The van der Waals surface area contributed by atoms with Crippen molar-refractivity contribution in [2.45, 2.75) is 43.8 Å². The van der Waals surface area contributed by atoms with E-state index in [2.05, 4.69) is 20.5 Å². The van der Waals surface area contributed by atoms with Crippen molar-refractivity contribution in [2.24, 2.45) is 5.92 Å². The third-order valence-corrected chi connectivity index (χ3v) is 4.39. The number of carboxylic acid groups (broad SMARTS) is 1. The molecule has 1 saturated carbocycles. The van der Waals surface area contributed by atoms with Crippen molar-refractivity contribution < 1.29 is 9.90 Å². The fourth-order valence-electron chi connectivity index (χ4n) is 2.11. The highest BCUT2D eigenvalue weighted by Gasteiger charge is 2.50. The molecular weight excluding hydrogens is 264 g/mol. The van der Waals surface area contributed by atoms with E-state index >= 15 is 0 Å². The molecule has 6 nitrogen and oxygen atoms in total. The summed E-state index contributed by atoms with van der Waals surface area (Å²) < 4.78 is 0. The molecule has 1 heterocycles. The monoisotopic (exact) mass is 284 g/mol. The molecule has 0 saturated heterocycles. The molecule has 3 N–H and O–H groups in total. The van der Waals surface area contributed by atoms with E-state index in [1.807, 2.05) is 13.8 Å². The number of aryl methyl sites for hydroxylation is 1. The maximum Gasteiger partial charge on any atom is 0.325 e. The molecule has 0 aliphatic heterocycles. The lowest BCUT2D eigenvalue weighted by atomic mass is 9.95. The Balaban J connectivity index is 2.05. The lowest BCUT2D eigenvalue weighted by Gasteiger charge is -2.30. The fourth-order valence-corrected chi connectivity index (χ4v) is 3.24. The van der Waals surface area contributed by atoms with Crippen LogP contribution in [-0.2, 0) is 4.79 Å². The number of rotatable bonds is 8. The summed E-state index contributed by atoms with van der Waals surface area (Å²) in [5.74, 6) is 0.674. The average Bonchev–Trinajstić information content (AvgIpc) is 3.13. The average molecular weight is 284 g/mol. The summed E-state index contributed by atoms with van der Waals surface area (Å²) in [6, 6.07) is 0. The summed E-state index contributed by atoms with van der Waals surface area (Å²) in [5.41, 5.74) is -0.838.